The Morgan fingerprint density at radius 2 is 1.62 bits per heavy atom. The van der Waals surface area contributed by atoms with Crippen molar-refractivity contribution in [2.24, 2.45) is 0 Å². The molecule has 3 rings (SSSR count). The average molecular weight is 407 g/mol. The molecule has 3 aliphatic rings. The summed E-state index contributed by atoms with van der Waals surface area (Å²) in [5, 5.41) is 8.66. The van der Waals surface area contributed by atoms with E-state index in [0.717, 1.165) is 56.3 Å². The molecule has 1 heterocycles. The Kier molecular flexibility index (Phi) is 6.80. The number of rotatable bonds is 7. The third-order valence-corrected chi connectivity index (χ3v) is 6.59. The Hall–Kier alpha value is -2.12. The molecule has 2 saturated carbocycles. The van der Waals surface area contributed by atoms with Gasteiger partial charge in [-0.3, -0.25) is 19.3 Å². The summed E-state index contributed by atoms with van der Waals surface area (Å²) in [7, 11) is 0. The first-order valence-electron chi connectivity index (χ1n) is 11.2. The Labute approximate surface area is 172 Å². The van der Waals surface area contributed by atoms with Gasteiger partial charge in [-0.2, -0.15) is 0 Å². The maximum absolute atomic E-state index is 12.9. The summed E-state index contributed by atoms with van der Waals surface area (Å²) >= 11 is 0. The highest BCUT2D eigenvalue weighted by Crippen LogP contribution is 2.34. The number of hydrogen-bond acceptors (Lipinski definition) is 4. The molecule has 0 aromatic carbocycles. The summed E-state index contributed by atoms with van der Waals surface area (Å²) < 4.78 is 0. The van der Waals surface area contributed by atoms with Crippen LogP contribution in [0.4, 0.5) is 4.79 Å². The van der Waals surface area contributed by atoms with E-state index in [4.69, 9.17) is 0 Å². The average Bonchev–Trinajstić information content (AvgIpc) is 2.93. The van der Waals surface area contributed by atoms with Crippen molar-refractivity contribution >= 4 is 23.8 Å². The molecule has 2 aliphatic carbocycles. The second-order valence-corrected chi connectivity index (χ2v) is 8.76. The number of imide groups is 1. The molecule has 162 valence electrons. The summed E-state index contributed by atoms with van der Waals surface area (Å²) in [6.45, 7) is 2.31. The minimum Gasteiger partial charge on any atom is -0.354 e. The van der Waals surface area contributed by atoms with E-state index >= 15 is 0 Å². The smallest absolute Gasteiger partial charge is 0.325 e. The quantitative estimate of drug-likeness (QED) is 0.444. The zero-order valence-corrected chi connectivity index (χ0v) is 17.5. The molecule has 8 nitrogen and oxygen atoms in total. The van der Waals surface area contributed by atoms with Gasteiger partial charge in [0.1, 0.15) is 17.6 Å². The second-order valence-electron chi connectivity index (χ2n) is 8.76. The van der Waals surface area contributed by atoms with E-state index in [1.165, 1.54) is 0 Å². The van der Waals surface area contributed by atoms with Gasteiger partial charge in [0.15, 0.2) is 0 Å². The fraction of sp³-hybridized carbons (Fsp3) is 0.810. The number of unbranched alkanes of at least 4 members (excludes halogenated alkanes) is 1. The van der Waals surface area contributed by atoms with Crippen molar-refractivity contribution in [1.82, 2.24) is 20.9 Å². The van der Waals surface area contributed by atoms with Crippen LogP contribution in [-0.2, 0) is 14.4 Å². The van der Waals surface area contributed by atoms with Crippen molar-refractivity contribution in [1.29, 1.82) is 0 Å². The third kappa shape index (κ3) is 4.56. The molecule has 0 atom stereocenters. The van der Waals surface area contributed by atoms with Gasteiger partial charge in [0, 0.05) is 6.54 Å². The van der Waals surface area contributed by atoms with E-state index in [1.54, 1.807) is 0 Å². The van der Waals surface area contributed by atoms with E-state index in [0.29, 0.717) is 32.2 Å². The molecule has 29 heavy (non-hydrogen) atoms. The molecule has 3 fully saturated rings. The van der Waals surface area contributed by atoms with Crippen LogP contribution in [0.1, 0.15) is 84.0 Å². The fourth-order valence-corrected chi connectivity index (χ4v) is 4.88. The Morgan fingerprint density at radius 1 is 1.00 bits per heavy atom. The first kappa shape index (κ1) is 21.6. The number of amides is 5. The molecule has 1 spiro atoms. The van der Waals surface area contributed by atoms with E-state index in [1.807, 2.05) is 0 Å². The SMILES string of the molecule is CCCCNC(=O)C1(NC(=O)CN2C(=O)NC3(CCCCC3)C2=O)CCCCC1. The molecule has 1 saturated heterocycles. The van der Waals surface area contributed by atoms with Crippen molar-refractivity contribution in [2.75, 3.05) is 13.1 Å². The van der Waals surface area contributed by atoms with Crippen LogP contribution in [0.25, 0.3) is 0 Å². The lowest BCUT2D eigenvalue weighted by Crippen LogP contribution is -2.61. The van der Waals surface area contributed by atoms with Gasteiger partial charge in [0.05, 0.1) is 0 Å². The van der Waals surface area contributed by atoms with Crippen molar-refractivity contribution in [3.8, 4) is 0 Å². The van der Waals surface area contributed by atoms with Crippen LogP contribution in [0.3, 0.4) is 0 Å². The number of carbonyl (C=O) groups is 4. The number of nitrogens with zero attached hydrogens (tertiary/aromatic N) is 1. The number of carbonyl (C=O) groups excluding carboxylic acids is 4. The zero-order valence-electron chi connectivity index (χ0n) is 17.5. The summed E-state index contributed by atoms with van der Waals surface area (Å²) in [6.07, 6.45) is 9.91. The monoisotopic (exact) mass is 406 g/mol. The lowest BCUT2D eigenvalue weighted by atomic mass is 9.80. The van der Waals surface area contributed by atoms with Crippen LogP contribution in [0.2, 0.25) is 0 Å². The van der Waals surface area contributed by atoms with E-state index in [9.17, 15) is 19.2 Å². The van der Waals surface area contributed by atoms with E-state index in [2.05, 4.69) is 22.9 Å². The van der Waals surface area contributed by atoms with Crippen LogP contribution in [0, 0.1) is 0 Å². The highest BCUT2D eigenvalue weighted by molar-refractivity contribution is 6.09. The lowest BCUT2D eigenvalue weighted by molar-refractivity contribution is -0.138. The van der Waals surface area contributed by atoms with E-state index in [-0.39, 0.29) is 18.4 Å². The number of hydrogen-bond donors (Lipinski definition) is 3. The van der Waals surface area contributed by atoms with Crippen molar-refractivity contribution in [2.45, 2.75) is 95.1 Å². The number of urea groups is 1. The molecular weight excluding hydrogens is 372 g/mol. The second kappa shape index (κ2) is 9.13. The summed E-state index contributed by atoms with van der Waals surface area (Å²) in [6, 6.07) is -0.503. The molecule has 1 aliphatic heterocycles. The van der Waals surface area contributed by atoms with Crippen LogP contribution in [0.5, 0.6) is 0 Å². The van der Waals surface area contributed by atoms with Gasteiger partial charge in [-0.05, 0) is 32.1 Å². The predicted molar refractivity (Wildman–Crippen MR) is 108 cm³/mol. The molecule has 0 aromatic heterocycles. The van der Waals surface area contributed by atoms with Crippen LogP contribution < -0.4 is 16.0 Å². The molecule has 0 unspecified atom stereocenters. The van der Waals surface area contributed by atoms with Crippen LogP contribution in [0.15, 0.2) is 0 Å². The van der Waals surface area contributed by atoms with Crippen LogP contribution in [-0.4, -0.2) is 52.8 Å². The number of nitrogens with one attached hydrogen (secondary N) is 3. The van der Waals surface area contributed by atoms with Gasteiger partial charge in [0.2, 0.25) is 11.8 Å². The van der Waals surface area contributed by atoms with Crippen molar-refractivity contribution in [3.63, 3.8) is 0 Å². The molecule has 0 radical (unpaired) electrons. The minimum absolute atomic E-state index is 0.153. The maximum Gasteiger partial charge on any atom is 0.325 e. The summed E-state index contributed by atoms with van der Waals surface area (Å²) in [5.74, 6) is -0.906. The topological polar surface area (TPSA) is 108 Å². The van der Waals surface area contributed by atoms with Gasteiger partial charge in [0.25, 0.3) is 5.91 Å². The summed E-state index contributed by atoms with van der Waals surface area (Å²) in [4.78, 5) is 52.0. The standard InChI is InChI=1S/C21H34N4O4/c1-2-3-14-22-17(27)20(10-6-4-7-11-20)23-16(26)15-25-18(28)21(24-19(25)29)12-8-5-9-13-21/h2-15H2,1H3,(H,22,27)(H,23,26)(H,24,29). The van der Waals surface area contributed by atoms with Crippen LogP contribution >= 0.6 is 0 Å². The highest BCUT2D eigenvalue weighted by atomic mass is 16.2. The largest absolute Gasteiger partial charge is 0.354 e. The van der Waals surface area contributed by atoms with Gasteiger partial charge in [-0.1, -0.05) is 51.9 Å². The van der Waals surface area contributed by atoms with Gasteiger partial charge >= 0.3 is 6.03 Å². The van der Waals surface area contributed by atoms with Gasteiger partial charge in [-0.25, -0.2) is 4.79 Å². The first-order chi connectivity index (χ1) is 13.9. The minimum atomic E-state index is -0.940. The lowest BCUT2D eigenvalue weighted by Gasteiger charge is -2.37. The Balaban J connectivity index is 1.64. The fourth-order valence-electron chi connectivity index (χ4n) is 4.88. The van der Waals surface area contributed by atoms with E-state index < -0.39 is 23.0 Å². The molecule has 0 bridgehead atoms. The summed E-state index contributed by atoms with van der Waals surface area (Å²) in [5.41, 5.74) is -1.78. The molecule has 5 amide bonds. The maximum atomic E-state index is 12.9. The van der Waals surface area contributed by atoms with Crippen molar-refractivity contribution in [3.05, 3.63) is 0 Å². The predicted octanol–water partition coefficient (Wildman–Crippen LogP) is 1.98. The Bertz CT molecular complexity index is 651. The first-order valence-corrected chi connectivity index (χ1v) is 11.2. The third-order valence-electron chi connectivity index (χ3n) is 6.59. The normalized spacial score (nSPS) is 23.0. The molecule has 0 aromatic rings. The van der Waals surface area contributed by atoms with Gasteiger partial charge in [-0.15, -0.1) is 0 Å². The molecular formula is C21H34N4O4. The van der Waals surface area contributed by atoms with Crippen molar-refractivity contribution < 1.29 is 19.2 Å². The zero-order chi connectivity index (χ0) is 20.9. The van der Waals surface area contributed by atoms with Gasteiger partial charge < -0.3 is 16.0 Å². The Morgan fingerprint density at radius 3 is 2.24 bits per heavy atom. The molecule has 8 heteroatoms. The molecule has 3 N–H and O–H groups in total. The highest BCUT2D eigenvalue weighted by Gasteiger charge is 2.52.